The molecule has 78 valence electrons. The largest absolute Gasteiger partial charge is 0.298 e. The Kier molecular flexibility index (Phi) is 6.21. The number of Topliss-reactive ketones (excluding diaryl/α,β-unsaturated/α-hetero) is 1. The first kappa shape index (κ1) is 12.8. The lowest BCUT2D eigenvalue weighted by Gasteiger charge is -2.08. The van der Waals surface area contributed by atoms with Crippen molar-refractivity contribution in [1.82, 2.24) is 0 Å². The lowest BCUT2D eigenvalue weighted by atomic mass is 10.1. The molecule has 13 heavy (non-hydrogen) atoms. The molecule has 0 aliphatic heterocycles. The van der Waals surface area contributed by atoms with Crippen LogP contribution in [0.3, 0.4) is 0 Å². The van der Waals surface area contributed by atoms with E-state index in [-0.39, 0.29) is 17.5 Å². The molecular weight excluding hydrogens is 184 g/mol. The van der Waals surface area contributed by atoms with Crippen molar-refractivity contribution in [2.75, 3.05) is 11.5 Å². The molecule has 0 spiro atoms. The minimum absolute atomic E-state index is 0.0147. The maximum atomic E-state index is 11.4. The Bertz CT molecular complexity index is 187. The first-order valence-electron chi connectivity index (χ1n) is 4.85. The fourth-order valence-corrected chi connectivity index (χ4v) is 2.46. The lowest BCUT2D eigenvalue weighted by Crippen LogP contribution is -2.20. The monoisotopic (exact) mass is 204 g/mol. The van der Waals surface area contributed by atoms with Gasteiger partial charge in [-0.2, -0.15) is 0 Å². The summed E-state index contributed by atoms with van der Waals surface area (Å²) in [5.74, 6) is 1.49. The Morgan fingerprint density at radius 2 is 1.85 bits per heavy atom. The van der Waals surface area contributed by atoms with E-state index < -0.39 is 10.8 Å². The molecule has 3 heteroatoms. The fraction of sp³-hybridized carbons (Fsp3) is 0.900. The molecule has 2 unspecified atom stereocenters. The van der Waals surface area contributed by atoms with Gasteiger partial charge in [-0.05, 0) is 5.92 Å². The van der Waals surface area contributed by atoms with Gasteiger partial charge in [0, 0.05) is 22.5 Å². The maximum absolute atomic E-state index is 11.4. The smallest absolute Gasteiger partial charge is 0.147 e. The minimum atomic E-state index is -0.950. The zero-order valence-electron chi connectivity index (χ0n) is 9.00. The summed E-state index contributed by atoms with van der Waals surface area (Å²) in [4.78, 5) is 11.2. The third kappa shape index (κ3) is 5.97. The minimum Gasteiger partial charge on any atom is -0.298 e. The van der Waals surface area contributed by atoms with Gasteiger partial charge in [-0.15, -0.1) is 0 Å². The van der Waals surface area contributed by atoms with E-state index in [9.17, 15) is 9.00 Å². The van der Waals surface area contributed by atoms with Crippen LogP contribution < -0.4 is 0 Å². The molecular formula is C10H20O2S. The van der Waals surface area contributed by atoms with Crippen LogP contribution in [0.2, 0.25) is 0 Å². The predicted octanol–water partition coefficient (Wildman–Crippen LogP) is 2.01. The highest BCUT2D eigenvalue weighted by atomic mass is 32.2. The molecule has 0 aliphatic rings. The third-order valence-electron chi connectivity index (χ3n) is 2.11. The Morgan fingerprint density at radius 1 is 1.31 bits per heavy atom. The van der Waals surface area contributed by atoms with Gasteiger partial charge < -0.3 is 0 Å². The molecule has 0 amide bonds. The van der Waals surface area contributed by atoms with Gasteiger partial charge in [0.15, 0.2) is 0 Å². The summed E-state index contributed by atoms with van der Waals surface area (Å²) in [6, 6.07) is 0. The molecule has 0 heterocycles. The SMILES string of the molecule is CCC(C)CS(=O)CC(=O)C(C)C. The van der Waals surface area contributed by atoms with Crippen LogP contribution in [-0.2, 0) is 15.6 Å². The van der Waals surface area contributed by atoms with Gasteiger partial charge in [0.1, 0.15) is 5.78 Å². The Hall–Kier alpha value is -0.180. The van der Waals surface area contributed by atoms with Gasteiger partial charge in [-0.3, -0.25) is 9.00 Å². The van der Waals surface area contributed by atoms with Crippen LogP contribution in [0.15, 0.2) is 0 Å². The van der Waals surface area contributed by atoms with Crippen molar-refractivity contribution < 1.29 is 9.00 Å². The molecule has 0 rings (SSSR count). The van der Waals surface area contributed by atoms with Crippen LogP contribution in [0, 0.1) is 11.8 Å². The average Bonchev–Trinajstić information content (AvgIpc) is 2.03. The van der Waals surface area contributed by atoms with Crippen molar-refractivity contribution in [3.63, 3.8) is 0 Å². The molecule has 2 nitrogen and oxygen atoms in total. The van der Waals surface area contributed by atoms with Crippen molar-refractivity contribution >= 4 is 16.6 Å². The Balaban J connectivity index is 3.81. The van der Waals surface area contributed by atoms with Crippen LogP contribution >= 0.6 is 0 Å². The summed E-state index contributed by atoms with van der Waals surface area (Å²) in [6.45, 7) is 7.84. The summed E-state index contributed by atoms with van der Waals surface area (Å²) >= 11 is 0. The second-order valence-corrected chi connectivity index (χ2v) is 5.39. The van der Waals surface area contributed by atoms with Crippen molar-refractivity contribution in [3.05, 3.63) is 0 Å². The summed E-state index contributed by atoms with van der Waals surface area (Å²) in [7, 11) is -0.950. The third-order valence-corrected chi connectivity index (χ3v) is 3.66. The highest BCUT2D eigenvalue weighted by Crippen LogP contribution is 2.04. The van der Waals surface area contributed by atoms with Crippen molar-refractivity contribution in [1.29, 1.82) is 0 Å². The number of ketones is 1. The Labute approximate surface area is 83.6 Å². The molecule has 0 bridgehead atoms. The van der Waals surface area contributed by atoms with Crippen LogP contribution in [0.25, 0.3) is 0 Å². The first-order valence-corrected chi connectivity index (χ1v) is 6.33. The van der Waals surface area contributed by atoms with Gasteiger partial charge in [-0.25, -0.2) is 0 Å². The molecule has 0 fully saturated rings. The van der Waals surface area contributed by atoms with Crippen molar-refractivity contribution in [2.24, 2.45) is 11.8 Å². The van der Waals surface area contributed by atoms with E-state index in [0.717, 1.165) is 6.42 Å². The van der Waals surface area contributed by atoms with E-state index in [1.807, 2.05) is 13.8 Å². The number of carbonyl (C=O) groups excluding carboxylic acids is 1. The maximum Gasteiger partial charge on any atom is 0.147 e. The molecule has 0 aromatic carbocycles. The molecule has 0 radical (unpaired) electrons. The van der Waals surface area contributed by atoms with Gasteiger partial charge in [0.25, 0.3) is 0 Å². The lowest BCUT2D eigenvalue weighted by molar-refractivity contribution is -0.119. The van der Waals surface area contributed by atoms with Crippen molar-refractivity contribution in [2.45, 2.75) is 34.1 Å². The number of rotatable bonds is 6. The second kappa shape index (κ2) is 6.30. The quantitative estimate of drug-likeness (QED) is 0.663. The standard InChI is InChI=1S/C10H20O2S/c1-5-9(4)6-13(12)7-10(11)8(2)3/h8-9H,5-7H2,1-4H3. The summed E-state index contributed by atoms with van der Waals surface area (Å²) in [5, 5.41) is 0. The highest BCUT2D eigenvalue weighted by Gasteiger charge is 2.13. The number of hydrogen-bond donors (Lipinski definition) is 0. The number of hydrogen-bond acceptors (Lipinski definition) is 2. The molecule has 0 N–H and O–H groups in total. The van der Waals surface area contributed by atoms with E-state index >= 15 is 0 Å². The zero-order chi connectivity index (χ0) is 10.4. The molecule has 0 saturated carbocycles. The topological polar surface area (TPSA) is 34.1 Å². The van der Waals surface area contributed by atoms with Gasteiger partial charge >= 0.3 is 0 Å². The first-order chi connectivity index (χ1) is 5.97. The van der Waals surface area contributed by atoms with E-state index in [1.54, 1.807) is 0 Å². The van der Waals surface area contributed by atoms with Gasteiger partial charge in [0.2, 0.25) is 0 Å². The molecule has 0 saturated heterocycles. The highest BCUT2D eigenvalue weighted by molar-refractivity contribution is 7.85. The normalized spacial score (nSPS) is 15.8. The fourth-order valence-electron chi connectivity index (χ4n) is 0.819. The van der Waals surface area contributed by atoms with Gasteiger partial charge in [0.05, 0.1) is 5.75 Å². The summed E-state index contributed by atoms with van der Waals surface area (Å²) in [5.41, 5.74) is 0. The molecule has 2 atom stereocenters. The predicted molar refractivity (Wildman–Crippen MR) is 57.2 cm³/mol. The van der Waals surface area contributed by atoms with E-state index in [1.165, 1.54) is 0 Å². The van der Waals surface area contributed by atoms with E-state index in [4.69, 9.17) is 0 Å². The van der Waals surface area contributed by atoms with E-state index in [0.29, 0.717) is 11.7 Å². The second-order valence-electron chi connectivity index (χ2n) is 3.89. The van der Waals surface area contributed by atoms with Crippen LogP contribution in [0.5, 0.6) is 0 Å². The van der Waals surface area contributed by atoms with Crippen LogP contribution in [-0.4, -0.2) is 21.5 Å². The summed E-state index contributed by atoms with van der Waals surface area (Å²) < 4.78 is 11.4. The number of carbonyl (C=O) groups is 1. The van der Waals surface area contributed by atoms with Crippen molar-refractivity contribution in [3.8, 4) is 0 Å². The van der Waals surface area contributed by atoms with E-state index in [2.05, 4.69) is 13.8 Å². The summed E-state index contributed by atoms with van der Waals surface area (Å²) in [6.07, 6.45) is 1.03. The average molecular weight is 204 g/mol. The molecule has 0 aromatic rings. The zero-order valence-corrected chi connectivity index (χ0v) is 9.82. The van der Waals surface area contributed by atoms with Crippen LogP contribution in [0.1, 0.15) is 34.1 Å². The van der Waals surface area contributed by atoms with Crippen LogP contribution in [0.4, 0.5) is 0 Å². The molecule has 0 aromatic heterocycles. The molecule has 0 aliphatic carbocycles. The van der Waals surface area contributed by atoms with Gasteiger partial charge in [-0.1, -0.05) is 34.1 Å². The Morgan fingerprint density at radius 3 is 2.23 bits per heavy atom.